The topological polar surface area (TPSA) is 21.3 Å². The van der Waals surface area contributed by atoms with Crippen molar-refractivity contribution in [1.29, 1.82) is 0 Å². The molecule has 5 heteroatoms. The lowest BCUT2D eigenvalue weighted by molar-refractivity contribution is -0.274. The van der Waals surface area contributed by atoms with Gasteiger partial charge in [-0.1, -0.05) is 23.8 Å². The van der Waals surface area contributed by atoms with Gasteiger partial charge in [-0.3, -0.25) is 0 Å². The predicted molar refractivity (Wildman–Crippen MR) is 71.4 cm³/mol. The largest absolute Gasteiger partial charge is 0.573 e. The molecule has 0 unspecified atom stereocenters. The Kier molecular flexibility index (Phi) is 5.06. The Balaban J connectivity index is 1.76. The number of hydrogen-bond donors (Lipinski definition) is 1. The van der Waals surface area contributed by atoms with Gasteiger partial charge >= 0.3 is 6.36 Å². The van der Waals surface area contributed by atoms with Crippen LogP contribution in [0.5, 0.6) is 5.75 Å². The molecular formula is C15H18F3NO. The fourth-order valence-electron chi connectivity index (χ4n) is 2.30. The lowest BCUT2D eigenvalue weighted by atomic mass is 10.1. The zero-order valence-electron chi connectivity index (χ0n) is 11.2. The first-order chi connectivity index (χ1) is 9.53. The fourth-order valence-corrected chi connectivity index (χ4v) is 2.30. The smallest absolute Gasteiger partial charge is 0.406 e. The van der Waals surface area contributed by atoms with E-state index in [2.05, 4.69) is 16.1 Å². The molecule has 1 aliphatic rings. The summed E-state index contributed by atoms with van der Waals surface area (Å²) in [5.41, 5.74) is 2.26. The lowest BCUT2D eigenvalue weighted by Crippen LogP contribution is -2.18. The summed E-state index contributed by atoms with van der Waals surface area (Å²) in [6.07, 6.45) is 2.24. The fraction of sp³-hybridized carbons (Fsp3) is 0.467. The van der Waals surface area contributed by atoms with Gasteiger partial charge < -0.3 is 10.1 Å². The number of hydrogen-bond acceptors (Lipinski definition) is 2. The molecule has 0 atom stereocenters. The van der Waals surface area contributed by atoms with Crippen LogP contribution in [0.2, 0.25) is 0 Å². The molecule has 0 aliphatic heterocycles. The van der Waals surface area contributed by atoms with E-state index in [0.29, 0.717) is 6.54 Å². The van der Waals surface area contributed by atoms with Gasteiger partial charge in [0.1, 0.15) is 5.75 Å². The second-order valence-electron chi connectivity index (χ2n) is 4.88. The monoisotopic (exact) mass is 285 g/mol. The molecule has 0 fully saturated rings. The molecule has 1 aliphatic carbocycles. The number of rotatable bonds is 6. The van der Waals surface area contributed by atoms with Crippen molar-refractivity contribution in [2.45, 2.75) is 38.6 Å². The van der Waals surface area contributed by atoms with Gasteiger partial charge in [0.2, 0.25) is 0 Å². The molecule has 2 rings (SSSR count). The predicted octanol–water partition coefficient (Wildman–Crippen LogP) is 4.18. The molecule has 20 heavy (non-hydrogen) atoms. The van der Waals surface area contributed by atoms with Gasteiger partial charge in [0.05, 0.1) is 0 Å². The molecule has 0 bridgehead atoms. The standard InChI is InChI=1S/C15H18F3NO/c16-15(17,18)20-14-7-3-6-13(10-14)11-19-9-8-12-4-1-2-5-12/h3-4,6-7,10,19H,1-2,5,8-9,11H2. The minimum atomic E-state index is -4.64. The normalized spacial score (nSPS) is 15.2. The molecule has 0 heterocycles. The second-order valence-corrected chi connectivity index (χ2v) is 4.88. The van der Waals surface area contributed by atoms with Crippen molar-refractivity contribution in [2.24, 2.45) is 0 Å². The number of halogens is 3. The van der Waals surface area contributed by atoms with E-state index in [-0.39, 0.29) is 5.75 Å². The van der Waals surface area contributed by atoms with Crippen molar-refractivity contribution in [3.8, 4) is 5.75 Å². The molecule has 0 spiro atoms. The van der Waals surface area contributed by atoms with Gasteiger partial charge in [-0.15, -0.1) is 13.2 Å². The summed E-state index contributed by atoms with van der Waals surface area (Å²) < 4.78 is 40.2. The van der Waals surface area contributed by atoms with E-state index in [1.165, 1.54) is 37.0 Å². The molecule has 0 saturated heterocycles. The Morgan fingerprint density at radius 2 is 2.10 bits per heavy atom. The first-order valence-corrected chi connectivity index (χ1v) is 6.76. The highest BCUT2D eigenvalue weighted by atomic mass is 19.4. The van der Waals surface area contributed by atoms with Crippen LogP contribution in [0.25, 0.3) is 0 Å². The number of benzene rings is 1. The van der Waals surface area contributed by atoms with Crippen LogP contribution in [-0.2, 0) is 6.54 Å². The summed E-state index contributed by atoms with van der Waals surface area (Å²) >= 11 is 0. The van der Waals surface area contributed by atoms with Crippen molar-refractivity contribution in [1.82, 2.24) is 5.32 Å². The molecule has 2 nitrogen and oxygen atoms in total. The Morgan fingerprint density at radius 3 is 2.80 bits per heavy atom. The second kappa shape index (κ2) is 6.79. The SMILES string of the molecule is FC(F)(F)Oc1cccc(CNCCC2=CCCC2)c1. The van der Waals surface area contributed by atoms with E-state index < -0.39 is 6.36 Å². The average molecular weight is 285 g/mol. The van der Waals surface area contributed by atoms with Crippen LogP contribution in [0.4, 0.5) is 13.2 Å². The van der Waals surface area contributed by atoms with Gasteiger partial charge in [0.25, 0.3) is 0 Å². The first kappa shape index (κ1) is 14.9. The maximum absolute atomic E-state index is 12.1. The third-order valence-electron chi connectivity index (χ3n) is 3.22. The maximum Gasteiger partial charge on any atom is 0.573 e. The van der Waals surface area contributed by atoms with E-state index in [0.717, 1.165) is 18.5 Å². The average Bonchev–Trinajstić information content (AvgIpc) is 2.86. The number of alkyl halides is 3. The number of nitrogens with one attached hydrogen (secondary N) is 1. The third kappa shape index (κ3) is 5.25. The molecule has 1 aromatic rings. The van der Waals surface area contributed by atoms with E-state index in [9.17, 15) is 13.2 Å². The van der Waals surface area contributed by atoms with Crippen LogP contribution >= 0.6 is 0 Å². The Morgan fingerprint density at radius 1 is 1.25 bits per heavy atom. The summed E-state index contributed by atoms with van der Waals surface area (Å²) in [6, 6.07) is 6.07. The quantitative estimate of drug-likeness (QED) is 0.625. The zero-order valence-corrected chi connectivity index (χ0v) is 11.2. The summed E-state index contributed by atoms with van der Waals surface area (Å²) in [5.74, 6) is -0.171. The van der Waals surface area contributed by atoms with Gasteiger partial charge in [0.15, 0.2) is 0 Å². The minimum absolute atomic E-state index is 0.171. The summed E-state index contributed by atoms with van der Waals surface area (Å²) in [6.45, 7) is 1.39. The molecule has 110 valence electrons. The molecular weight excluding hydrogens is 267 g/mol. The summed E-state index contributed by atoms with van der Waals surface area (Å²) in [5, 5.41) is 3.24. The molecule has 1 N–H and O–H groups in total. The van der Waals surface area contributed by atoms with E-state index in [4.69, 9.17) is 0 Å². The van der Waals surface area contributed by atoms with Gasteiger partial charge in [-0.2, -0.15) is 0 Å². The van der Waals surface area contributed by atoms with E-state index in [1.807, 2.05) is 0 Å². The highest BCUT2D eigenvalue weighted by molar-refractivity contribution is 5.28. The van der Waals surface area contributed by atoms with Crippen molar-refractivity contribution >= 4 is 0 Å². The molecule has 0 radical (unpaired) electrons. The molecule has 0 saturated carbocycles. The van der Waals surface area contributed by atoms with Crippen molar-refractivity contribution in [3.63, 3.8) is 0 Å². The minimum Gasteiger partial charge on any atom is -0.406 e. The Hall–Kier alpha value is -1.49. The van der Waals surface area contributed by atoms with Crippen LogP contribution < -0.4 is 10.1 Å². The lowest BCUT2D eigenvalue weighted by Gasteiger charge is -2.10. The summed E-state index contributed by atoms with van der Waals surface area (Å²) in [7, 11) is 0. The number of allylic oxidation sites excluding steroid dienone is 1. The van der Waals surface area contributed by atoms with E-state index >= 15 is 0 Å². The molecule has 0 aromatic heterocycles. The highest BCUT2D eigenvalue weighted by Crippen LogP contribution is 2.23. The first-order valence-electron chi connectivity index (χ1n) is 6.76. The Bertz CT molecular complexity index is 468. The molecule has 0 amide bonds. The summed E-state index contributed by atoms with van der Waals surface area (Å²) in [4.78, 5) is 0. The van der Waals surface area contributed by atoms with Gasteiger partial charge in [-0.05, 0) is 49.9 Å². The third-order valence-corrected chi connectivity index (χ3v) is 3.22. The Labute approximate surface area is 116 Å². The molecule has 1 aromatic carbocycles. The zero-order chi connectivity index (χ0) is 14.4. The van der Waals surface area contributed by atoms with E-state index in [1.54, 1.807) is 12.1 Å². The van der Waals surface area contributed by atoms with Crippen molar-refractivity contribution < 1.29 is 17.9 Å². The van der Waals surface area contributed by atoms with Crippen LogP contribution in [0.3, 0.4) is 0 Å². The van der Waals surface area contributed by atoms with Crippen molar-refractivity contribution in [2.75, 3.05) is 6.54 Å². The van der Waals surface area contributed by atoms with Crippen LogP contribution in [0, 0.1) is 0 Å². The van der Waals surface area contributed by atoms with Gasteiger partial charge in [-0.25, -0.2) is 0 Å². The highest BCUT2D eigenvalue weighted by Gasteiger charge is 2.31. The number of ether oxygens (including phenoxy) is 1. The van der Waals surface area contributed by atoms with Crippen LogP contribution in [-0.4, -0.2) is 12.9 Å². The van der Waals surface area contributed by atoms with Crippen LogP contribution in [0.1, 0.15) is 31.2 Å². The van der Waals surface area contributed by atoms with Crippen LogP contribution in [0.15, 0.2) is 35.9 Å². The maximum atomic E-state index is 12.1. The van der Waals surface area contributed by atoms with Crippen molar-refractivity contribution in [3.05, 3.63) is 41.5 Å². The van der Waals surface area contributed by atoms with Gasteiger partial charge in [0, 0.05) is 6.54 Å².